The first-order chi connectivity index (χ1) is 7.91. The number of aromatic nitrogens is 1. The Bertz CT molecular complexity index is 403. The normalized spacial score (nSPS) is 13.8. The summed E-state index contributed by atoms with van der Waals surface area (Å²) in [6, 6.07) is 3.06. The van der Waals surface area contributed by atoms with Gasteiger partial charge in [-0.15, -0.1) is 0 Å². The Labute approximate surface area is 98.3 Å². The number of carboxylic acids is 1. The maximum absolute atomic E-state index is 11.6. The molecule has 0 fully saturated rings. The molecular weight excluding hydrogens is 224 g/mol. The van der Waals surface area contributed by atoms with Crippen LogP contribution in [0.1, 0.15) is 23.7 Å². The van der Waals surface area contributed by atoms with Gasteiger partial charge in [0.05, 0.1) is 12.0 Å². The van der Waals surface area contributed by atoms with E-state index in [0.717, 1.165) is 0 Å². The van der Waals surface area contributed by atoms with Crippen molar-refractivity contribution in [3.8, 4) is 0 Å². The second kappa shape index (κ2) is 5.40. The number of carboxylic acid groups (broad SMARTS) is 1. The first-order valence-electron chi connectivity index (χ1n) is 5.03. The molecule has 0 radical (unpaired) electrons. The van der Waals surface area contributed by atoms with Crippen LogP contribution in [-0.2, 0) is 4.79 Å². The van der Waals surface area contributed by atoms with E-state index in [4.69, 9.17) is 5.11 Å². The Morgan fingerprint density at radius 3 is 2.53 bits per heavy atom. The van der Waals surface area contributed by atoms with E-state index < -0.39 is 18.0 Å². The van der Waals surface area contributed by atoms with Gasteiger partial charge in [-0.1, -0.05) is 0 Å². The van der Waals surface area contributed by atoms with Gasteiger partial charge in [-0.2, -0.15) is 0 Å². The summed E-state index contributed by atoms with van der Waals surface area (Å²) < 4.78 is 0. The molecule has 1 atom stereocenters. The number of nitrogens with one attached hydrogen (secondary N) is 1. The predicted molar refractivity (Wildman–Crippen MR) is 59.4 cm³/mol. The number of amides is 1. The summed E-state index contributed by atoms with van der Waals surface area (Å²) in [5.74, 6) is -1.49. The van der Waals surface area contributed by atoms with Crippen LogP contribution in [0.15, 0.2) is 24.5 Å². The zero-order valence-corrected chi connectivity index (χ0v) is 9.38. The molecular formula is C11H14N2O4. The van der Waals surface area contributed by atoms with Crippen LogP contribution in [0.2, 0.25) is 0 Å². The molecule has 17 heavy (non-hydrogen) atoms. The number of aliphatic carboxylic acids is 1. The van der Waals surface area contributed by atoms with Gasteiger partial charge in [-0.25, -0.2) is 0 Å². The van der Waals surface area contributed by atoms with E-state index in [1.165, 1.54) is 31.5 Å². The van der Waals surface area contributed by atoms with Crippen LogP contribution in [0.3, 0.4) is 0 Å². The van der Waals surface area contributed by atoms with Crippen LogP contribution in [0.4, 0.5) is 0 Å². The van der Waals surface area contributed by atoms with E-state index in [1.807, 2.05) is 0 Å². The van der Waals surface area contributed by atoms with E-state index >= 15 is 0 Å². The quantitative estimate of drug-likeness (QED) is 0.672. The highest BCUT2D eigenvalue weighted by atomic mass is 16.4. The van der Waals surface area contributed by atoms with Crippen LogP contribution in [0.5, 0.6) is 0 Å². The minimum absolute atomic E-state index is 0.125. The number of aliphatic hydroxyl groups is 1. The molecule has 1 unspecified atom stereocenters. The molecule has 92 valence electrons. The van der Waals surface area contributed by atoms with Crippen molar-refractivity contribution >= 4 is 11.9 Å². The molecule has 0 saturated carbocycles. The fourth-order valence-electron chi connectivity index (χ4n) is 1.26. The number of hydrogen-bond donors (Lipinski definition) is 3. The van der Waals surface area contributed by atoms with Crippen molar-refractivity contribution in [2.45, 2.75) is 18.9 Å². The Morgan fingerprint density at radius 1 is 1.41 bits per heavy atom. The van der Waals surface area contributed by atoms with Crippen molar-refractivity contribution < 1.29 is 19.8 Å². The molecule has 1 aromatic heterocycles. The van der Waals surface area contributed by atoms with Gasteiger partial charge in [0.1, 0.15) is 0 Å². The minimum Gasteiger partial charge on any atom is -0.481 e. The largest absolute Gasteiger partial charge is 0.481 e. The molecule has 6 heteroatoms. The molecule has 6 nitrogen and oxygen atoms in total. The number of pyridine rings is 1. The lowest BCUT2D eigenvalue weighted by Crippen LogP contribution is -2.42. The minimum atomic E-state index is -1.46. The van der Waals surface area contributed by atoms with Gasteiger partial charge in [0.15, 0.2) is 0 Å². The number of rotatable bonds is 5. The fourth-order valence-corrected chi connectivity index (χ4v) is 1.26. The lowest BCUT2D eigenvalue weighted by Gasteiger charge is -2.21. The Kier molecular flexibility index (Phi) is 4.17. The van der Waals surface area contributed by atoms with Crippen LogP contribution in [0, 0.1) is 0 Å². The van der Waals surface area contributed by atoms with Gasteiger partial charge in [0.25, 0.3) is 5.91 Å². The first-order valence-corrected chi connectivity index (χ1v) is 5.03. The van der Waals surface area contributed by atoms with Gasteiger partial charge in [-0.3, -0.25) is 14.6 Å². The summed E-state index contributed by atoms with van der Waals surface area (Å²) in [6.07, 6.45) is 2.53. The highest BCUT2D eigenvalue weighted by Crippen LogP contribution is 2.08. The Hall–Kier alpha value is -1.95. The van der Waals surface area contributed by atoms with Crippen LogP contribution < -0.4 is 5.32 Å². The Morgan fingerprint density at radius 2 is 2.00 bits per heavy atom. The predicted octanol–water partition coefficient (Wildman–Crippen LogP) is 0.0371. The molecule has 1 aromatic rings. The smallest absolute Gasteiger partial charge is 0.306 e. The average molecular weight is 238 g/mol. The lowest BCUT2D eigenvalue weighted by molar-refractivity contribution is -0.141. The van der Waals surface area contributed by atoms with Crippen molar-refractivity contribution in [1.29, 1.82) is 0 Å². The monoisotopic (exact) mass is 238 g/mol. The first kappa shape index (κ1) is 13.1. The van der Waals surface area contributed by atoms with Crippen molar-refractivity contribution in [1.82, 2.24) is 10.3 Å². The summed E-state index contributed by atoms with van der Waals surface area (Å²) in [6.45, 7) is 1.23. The van der Waals surface area contributed by atoms with E-state index in [9.17, 15) is 14.7 Å². The topological polar surface area (TPSA) is 99.5 Å². The number of hydrogen-bond acceptors (Lipinski definition) is 4. The fraction of sp³-hybridized carbons (Fsp3) is 0.364. The summed E-state index contributed by atoms with van der Waals surface area (Å²) in [5, 5.41) is 20.7. The summed E-state index contributed by atoms with van der Waals surface area (Å²) in [7, 11) is 0. The number of nitrogens with zero attached hydrogens (tertiary/aromatic N) is 1. The SMILES string of the molecule is CC(O)(CNC(=O)c1ccncc1)CC(=O)O. The molecule has 0 bridgehead atoms. The van der Waals surface area contributed by atoms with E-state index in [1.54, 1.807) is 0 Å². The average Bonchev–Trinajstić information content (AvgIpc) is 2.25. The summed E-state index contributed by atoms with van der Waals surface area (Å²) in [5.41, 5.74) is -1.06. The van der Waals surface area contributed by atoms with E-state index in [0.29, 0.717) is 5.56 Å². The van der Waals surface area contributed by atoms with Crippen LogP contribution in [0.25, 0.3) is 0 Å². The number of carbonyl (C=O) groups excluding carboxylic acids is 1. The van der Waals surface area contributed by atoms with E-state index in [2.05, 4.69) is 10.3 Å². The number of carbonyl (C=O) groups is 2. The molecule has 0 aromatic carbocycles. The third-order valence-corrected chi connectivity index (χ3v) is 2.10. The van der Waals surface area contributed by atoms with Crippen LogP contribution in [-0.4, -0.2) is 39.2 Å². The van der Waals surface area contributed by atoms with Gasteiger partial charge >= 0.3 is 5.97 Å². The zero-order chi connectivity index (χ0) is 12.9. The van der Waals surface area contributed by atoms with Gasteiger partial charge in [0.2, 0.25) is 0 Å². The maximum Gasteiger partial charge on any atom is 0.306 e. The Balaban J connectivity index is 2.51. The molecule has 0 aliphatic carbocycles. The second-order valence-electron chi connectivity index (χ2n) is 3.99. The summed E-state index contributed by atoms with van der Waals surface area (Å²) in [4.78, 5) is 25.8. The summed E-state index contributed by atoms with van der Waals surface area (Å²) >= 11 is 0. The third kappa shape index (κ3) is 4.60. The molecule has 0 saturated heterocycles. The lowest BCUT2D eigenvalue weighted by atomic mass is 10.0. The van der Waals surface area contributed by atoms with Gasteiger partial charge in [-0.05, 0) is 19.1 Å². The maximum atomic E-state index is 11.6. The molecule has 1 amide bonds. The van der Waals surface area contributed by atoms with Crippen LogP contribution >= 0.6 is 0 Å². The standard InChI is InChI=1S/C11H14N2O4/c1-11(17,6-9(14)15)7-13-10(16)8-2-4-12-5-3-8/h2-5,17H,6-7H2,1H3,(H,13,16)(H,14,15). The van der Waals surface area contributed by atoms with Crippen molar-refractivity contribution in [2.75, 3.05) is 6.54 Å². The van der Waals surface area contributed by atoms with Crippen molar-refractivity contribution in [2.24, 2.45) is 0 Å². The molecule has 1 heterocycles. The molecule has 0 aliphatic rings. The van der Waals surface area contributed by atoms with Crippen molar-refractivity contribution in [3.05, 3.63) is 30.1 Å². The molecule has 3 N–H and O–H groups in total. The highest BCUT2D eigenvalue weighted by Gasteiger charge is 2.24. The van der Waals surface area contributed by atoms with E-state index in [-0.39, 0.29) is 12.5 Å². The molecule has 1 rings (SSSR count). The second-order valence-corrected chi connectivity index (χ2v) is 3.99. The van der Waals surface area contributed by atoms with Crippen molar-refractivity contribution in [3.63, 3.8) is 0 Å². The highest BCUT2D eigenvalue weighted by molar-refractivity contribution is 5.94. The zero-order valence-electron chi connectivity index (χ0n) is 9.38. The molecule has 0 spiro atoms. The van der Waals surface area contributed by atoms with Gasteiger partial charge in [0, 0.05) is 24.5 Å². The van der Waals surface area contributed by atoms with Gasteiger partial charge < -0.3 is 15.5 Å². The molecule has 0 aliphatic heterocycles. The third-order valence-electron chi connectivity index (χ3n) is 2.10.